The zero-order valence-electron chi connectivity index (χ0n) is 9.82. The first-order valence-corrected chi connectivity index (χ1v) is 6.61. The summed E-state index contributed by atoms with van der Waals surface area (Å²) in [7, 11) is 0. The molecular weight excluding hydrogens is 276 g/mol. The number of carbonyl (C=O) groups is 1. The monoisotopic (exact) mass is 290 g/mol. The molecule has 0 amide bonds. The van der Waals surface area contributed by atoms with Gasteiger partial charge >= 0.3 is 0 Å². The molecule has 17 heavy (non-hydrogen) atoms. The van der Waals surface area contributed by atoms with Crippen LogP contribution in [0.3, 0.4) is 0 Å². The maximum absolute atomic E-state index is 11.4. The molecule has 1 unspecified atom stereocenters. The number of benzene rings is 1. The zero-order valence-corrected chi connectivity index (χ0v) is 11.4. The van der Waals surface area contributed by atoms with Crippen molar-refractivity contribution in [3.8, 4) is 0 Å². The molecule has 2 heteroatoms. The van der Waals surface area contributed by atoms with Crippen molar-refractivity contribution in [1.82, 2.24) is 0 Å². The summed E-state index contributed by atoms with van der Waals surface area (Å²) in [6.07, 6.45) is 8.20. The van der Waals surface area contributed by atoms with Crippen LogP contribution in [0.4, 0.5) is 0 Å². The molecule has 1 aromatic rings. The number of halogens is 1. The number of hydrogen-bond donors (Lipinski definition) is 0. The van der Waals surface area contributed by atoms with Crippen molar-refractivity contribution in [1.29, 1.82) is 0 Å². The van der Waals surface area contributed by atoms with Crippen LogP contribution in [0.2, 0.25) is 0 Å². The van der Waals surface area contributed by atoms with Crippen molar-refractivity contribution in [2.45, 2.75) is 19.8 Å². The van der Waals surface area contributed by atoms with Crippen LogP contribution in [-0.4, -0.2) is 5.78 Å². The molecule has 1 aliphatic rings. The molecule has 0 saturated carbocycles. The molecule has 0 N–H and O–H groups in total. The minimum Gasteiger partial charge on any atom is -0.299 e. The first-order valence-electron chi connectivity index (χ1n) is 5.81. The molecule has 0 bridgehead atoms. The number of carbonyl (C=O) groups excluding carboxylic acids is 1. The Morgan fingerprint density at radius 3 is 2.65 bits per heavy atom. The fourth-order valence-electron chi connectivity index (χ4n) is 2.00. The SMILES string of the molecule is CC(=O)C1C=CC(c2ccc(Br)cc2)=CCC1. The molecule has 1 aliphatic carbocycles. The normalized spacial score (nSPS) is 19.6. The third-order valence-corrected chi connectivity index (χ3v) is 3.58. The predicted octanol–water partition coefficient (Wildman–Crippen LogP) is 4.39. The molecule has 0 aromatic heterocycles. The van der Waals surface area contributed by atoms with E-state index in [-0.39, 0.29) is 11.7 Å². The van der Waals surface area contributed by atoms with Crippen LogP contribution >= 0.6 is 15.9 Å². The summed E-state index contributed by atoms with van der Waals surface area (Å²) in [5.74, 6) is 0.339. The first kappa shape index (κ1) is 12.3. The quantitative estimate of drug-likeness (QED) is 0.790. The lowest BCUT2D eigenvalue weighted by Crippen LogP contribution is -2.06. The Labute approximate surface area is 110 Å². The molecule has 1 atom stereocenters. The van der Waals surface area contributed by atoms with Gasteiger partial charge in [-0.15, -0.1) is 0 Å². The highest BCUT2D eigenvalue weighted by molar-refractivity contribution is 9.10. The lowest BCUT2D eigenvalue weighted by Gasteiger charge is -2.03. The van der Waals surface area contributed by atoms with Crippen molar-refractivity contribution in [2.24, 2.45) is 5.92 Å². The number of ketones is 1. The third-order valence-electron chi connectivity index (χ3n) is 3.05. The second-order valence-electron chi connectivity index (χ2n) is 4.32. The van der Waals surface area contributed by atoms with E-state index in [1.807, 2.05) is 18.2 Å². The number of allylic oxidation sites excluding steroid dienone is 4. The minimum atomic E-state index is 0.0826. The summed E-state index contributed by atoms with van der Waals surface area (Å²) >= 11 is 3.43. The van der Waals surface area contributed by atoms with Gasteiger partial charge in [0, 0.05) is 10.4 Å². The second-order valence-corrected chi connectivity index (χ2v) is 5.24. The highest BCUT2D eigenvalue weighted by atomic mass is 79.9. The molecule has 0 radical (unpaired) electrons. The Kier molecular flexibility index (Phi) is 3.95. The van der Waals surface area contributed by atoms with Gasteiger partial charge in [0.2, 0.25) is 0 Å². The van der Waals surface area contributed by atoms with E-state index in [0.717, 1.165) is 17.3 Å². The maximum Gasteiger partial charge on any atom is 0.136 e. The van der Waals surface area contributed by atoms with Gasteiger partial charge in [-0.2, -0.15) is 0 Å². The number of Topliss-reactive ketones (excluding diaryl/α,β-unsaturated/α-hetero) is 1. The van der Waals surface area contributed by atoms with Crippen LogP contribution in [0, 0.1) is 5.92 Å². The average molecular weight is 291 g/mol. The van der Waals surface area contributed by atoms with E-state index < -0.39 is 0 Å². The summed E-state index contributed by atoms with van der Waals surface area (Å²) in [6, 6.07) is 8.26. The molecule has 0 fully saturated rings. The van der Waals surface area contributed by atoms with E-state index in [4.69, 9.17) is 0 Å². The third kappa shape index (κ3) is 3.16. The second kappa shape index (κ2) is 5.46. The van der Waals surface area contributed by atoms with E-state index in [1.165, 1.54) is 11.1 Å². The van der Waals surface area contributed by atoms with Gasteiger partial charge in [-0.25, -0.2) is 0 Å². The van der Waals surface area contributed by atoms with Gasteiger partial charge in [0.15, 0.2) is 0 Å². The van der Waals surface area contributed by atoms with Gasteiger partial charge < -0.3 is 0 Å². The average Bonchev–Trinajstić information content (AvgIpc) is 2.55. The van der Waals surface area contributed by atoms with Gasteiger partial charge in [-0.05, 0) is 43.0 Å². The van der Waals surface area contributed by atoms with Crippen molar-refractivity contribution in [2.75, 3.05) is 0 Å². The number of hydrogen-bond acceptors (Lipinski definition) is 1. The molecular formula is C15H15BrO. The Morgan fingerprint density at radius 1 is 1.29 bits per heavy atom. The van der Waals surface area contributed by atoms with Crippen LogP contribution in [0.15, 0.2) is 47.0 Å². The summed E-state index contributed by atoms with van der Waals surface area (Å²) in [4.78, 5) is 11.4. The topological polar surface area (TPSA) is 17.1 Å². The molecule has 0 spiro atoms. The summed E-state index contributed by atoms with van der Waals surface area (Å²) in [5, 5.41) is 0. The molecule has 0 saturated heterocycles. The highest BCUT2D eigenvalue weighted by Gasteiger charge is 2.12. The van der Waals surface area contributed by atoms with E-state index in [9.17, 15) is 4.79 Å². The van der Waals surface area contributed by atoms with Crippen molar-refractivity contribution < 1.29 is 4.79 Å². The summed E-state index contributed by atoms with van der Waals surface area (Å²) in [5.41, 5.74) is 2.41. The lowest BCUT2D eigenvalue weighted by molar-refractivity contribution is -0.119. The maximum atomic E-state index is 11.4. The highest BCUT2D eigenvalue weighted by Crippen LogP contribution is 2.25. The van der Waals surface area contributed by atoms with E-state index >= 15 is 0 Å². The lowest BCUT2D eigenvalue weighted by atomic mass is 10.0. The molecule has 2 rings (SSSR count). The Hall–Kier alpha value is -1.15. The van der Waals surface area contributed by atoms with Crippen LogP contribution in [-0.2, 0) is 4.79 Å². The predicted molar refractivity (Wildman–Crippen MR) is 74.7 cm³/mol. The smallest absolute Gasteiger partial charge is 0.136 e. The molecule has 1 nitrogen and oxygen atoms in total. The first-order chi connectivity index (χ1) is 8.16. The largest absolute Gasteiger partial charge is 0.299 e. The summed E-state index contributed by atoms with van der Waals surface area (Å²) < 4.78 is 1.08. The van der Waals surface area contributed by atoms with E-state index in [0.29, 0.717) is 0 Å². The Bertz CT molecular complexity index is 468. The molecule has 0 heterocycles. The van der Waals surface area contributed by atoms with Gasteiger partial charge in [-0.1, -0.05) is 46.3 Å². The summed E-state index contributed by atoms with van der Waals surface area (Å²) in [6.45, 7) is 1.67. The van der Waals surface area contributed by atoms with Gasteiger partial charge in [0.1, 0.15) is 5.78 Å². The fourth-order valence-corrected chi connectivity index (χ4v) is 2.26. The Balaban J connectivity index is 2.22. The minimum absolute atomic E-state index is 0.0826. The Morgan fingerprint density at radius 2 is 2.00 bits per heavy atom. The van der Waals surface area contributed by atoms with Crippen molar-refractivity contribution >= 4 is 27.3 Å². The van der Waals surface area contributed by atoms with Crippen LogP contribution in [0.25, 0.3) is 5.57 Å². The standard InChI is InChI=1S/C15H15BrO/c1-11(17)12-3-2-4-13(6-5-12)14-7-9-15(16)10-8-14/h4-10,12H,2-3H2,1H3. The van der Waals surface area contributed by atoms with Crippen LogP contribution < -0.4 is 0 Å². The van der Waals surface area contributed by atoms with Gasteiger partial charge in [-0.3, -0.25) is 4.79 Å². The van der Waals surface area contributed by atoms with Crippen LogP contribution in [0.1, 0.15) is 25.3 Å². The fraction of sp³-hybridized carbons (Fsp3) is 0.267. The molecule has 0 aliphatic heterocycles. The van der Waals surface area contributed by atoms with Gasteiger partial charge in [0.25, 0.3) is 0 Å². The van der Waals surface area contributed by atoms with E-state index in [1.54, 1.807) is 6.92 Å². The van der Waals surface area contributed by atoms with Crippen molar-refractivity contribution in [3.05, 3.63) is 52.5 Å². The molecule has 1 aromatic carbocycles. The zero-order chi connectivity index (χ0) is 12.3. The van der Waals surface area contributed by atoms with Crippen LogP contribution in [0.5, 0.6) is 0 Å². The molecule has 88 valence electrons. The van der Waals surface area contributed by atoms with E-state index in [2.05, 4.69) is 40.2 Å². The van der Waals surface area contributed by atoms with Gasteiger partial charge in [0.05, 0.1) is 0 Å². The number of rotatable bonds is 2. The van der Waals surface area contributed by atoms with Crippen molar-refractivity contribution in [3.63, 3.8) is 0 Å².